The summed E-state index contributed by atoms with van der Waals surface area (Å²) in [6.45, 7) is 2.63. The SMILES string of the molecule is CCCNC(=O)C(Cc1ccccc1)N(Cc1cccc(OC)c1)C(=O)COc1ccc(I)cc1. The van der Waals surface area contributed by atoms with Crippen molar-refractivity contribution in [3.8, 4) is 11.5 Å². The van der Waals surface area contributed by atoms with E-state index in [4.69, 9.17) is 9.47 Å². The van der Waals surface area contributed by atoms with E-state index in [-0.39, 0.29) is 25.0 Å². The van der Waals surface area contributed by atoms with Crippen LogP contribution in [-0.4, -0.2) is 43.0 Å². The third-order valence-electron chi connectivity index (χ3n) is 5.48. The number of nitrogens with zero attached hydrogens (tertiary/aromatic N) is 1. The molecule has 0 saturated heterocycles. The number of ether oxygens (including phenoxy) is 2. The molecule has 3 aromatic rings. The summed E-state index contributed by atoms with van der Waals surface area (Å²) >= 11 is 2.22. The number of rotatable bonds is 12. The Morgan fingerprint density at radius 1 is 0.943 bits per heavy atom. The fraction of sp³-hybridized carbons (Fsp3) is 0.286. The first-order chi connectivity index (χ1) is 17.0. The highest BCUT2D eigenvalue weighted by Crippen LogP contribution is 2.19. The lowest BCUT2D eigenvalue weighted by Crippen LogP contribution is -2.51. The average molecular weight is 586 g/mol. The predicted octanol–water partition coefficient (Wildman–Crippen LogP) is 4.84. The van der Waals surface area contributed by atoms with Crippen LogP contribution in [0, 0.1) is 3.57 Å². The number of carbonyl (C=O) groups is 2. The Labute approximate surface area is 220 Å². The summed E-state index contributed by atoms with van der Waals surface area (Å²) in [6, 6.07) is 24.1. The van der Waals surface area contributed by atoms with Gasteiger partial charge in [0.05, 0.1) is 7.11 Å². The van der Waals surface area contributed by atoms with Gasteiger partial charge in [-0.25, -0.2) is 0 Å². The monoisotopic (exact) mass is 586 g/mol. The lowest BCUT2D eigenvalue weighted by molar-refractivity contribution is -0.142. The zero-order valence-corrected chi connectivity index (χ0v) is 22.2. The lowest BCUT2D eigenvalue weighted by Gasteiger charge is -2.31. The van der Waals surface area contributed by atoms with Crippen molar-refractivity contribution >= 4 is 34.4 Å². The maximum absolute atomic E-state index is 13.5. The van der Waals surface area contributed by atoms with Crippen LogP contribution in [-0.2, 0) is 22.6 Å². The third-order valence-corrected chi connectivity index (χ3v) is 6.20. The van der Waals surface area contributed by atoms with Gasteiger partial charge in [-0.1, -0.05) is 49.4 Å². The number of benzene rings is 3. The van der Waals surface area contributed by atoms with Gasteiger partial charge in [0.1, 0.15) is 17.5 Å². The number of hydrogen-bond donors (Lipinski definition) is 1. The Balaban J connectivity index is 1.89. The van der Waals surface area contributed by atoms with E-state index in [1.54, 1.807) is 12.0 Å². The number of carbonyl (C=O) groups excluding carboxylic acids is 2. The zero-order valence-electron chi connectivity index (χ0n) is 20.1. The number of halogens is 1. The summed E-state index contributed by atoms with van der Waals surface area (Å²) in [5.41, 5.74) is 1.85. The van der Waals surface area contributed by atoms with E-state index < -0.39 is 6.04 Å². The molecule has 2 amide bonds. The molecule has 3 rings (SSSR count). The van der Waals surface area contributed by atoms with Crippen LogP contribution in [0.2, 0.25) is 0 Å². The third kappa shape index (κ3) is 8.28. The van der Waals surface area contributed by atoms with Crippen LogP contribution >= 0.6 is 22.6 Å². The van der Waals surface area contributed by atoms with E-state index in [0.717, 1.165) is 21.1 Å². The Hall–Kier alpha value is -3.07. The summed E-state index contributed by atoms with van der Waals surface area (Å²) in [4.78, 5) is 28.5. The van der Waals surface area contributed by atoms with E-state index in [0.29, 0.717) is 24.5 Å². The predicted molar refractivity (Wildman–Crippen MR) is 145 cm³/mol. The maximum Gasteiger partial charge on any atom is 0.261 e. The summed E-state index contributed by atoms with van der Waals surface area (Å²) in [6.07, 6.45) is 1.21. The molecule has 1 N–H and O–H groups in total. The normalized spacial score (nSPS) is 11.4. The topological polar surface area (TPSA) is 67.9 Å². The molecule has 0 bridgehead atoms. The van der Waals surface area contributed by atoms with Crippen LogP contribution in [0.4, 0.5) is 0 Å². The minimum absolute atomic E-state index is 0.170. The van der Waals surface area contributed by atoms with Gasteiger partial charge in [0.15, 0.2) is 6.61 Å². The second-order valence-corrected chi connectivity index (χ2v) is 9.36. The van der Waals surface area contributed by atoms with Crippen LogP contribution in [0.5, 0.6) is 11.5 Å². The molecule has 0 aliphatic carbocycles. The molecule has 35 heavy (non-hydrogen) atoms. The molecule has 0 radical (unpaired) electrons. The van der Waals surface area contributed by atoms with Crippen molar-refractivity contribution in [2.24, 2.45) is 0 Å². The Bertz CT molecular complexity index is 1090. The highest BCUT2D eigenvalue weighted by Gasteiger charge is 2.30. The van der Waals surface area contributed by atoms with Crippen molar-refractivity contribution in [1.29, 1.82) is 0 Å². The molecule has 0 aliphatic heterocycles. The van der Waals surface area contributed by atoms with E-state index in [9.17, 15) is 9.59 Å². The average Bonchev–Trinajstić information content (AvgIpc) is 2.89. The zero-order chi connectivity index (χ0) is 25.0. The summed E-state index contributed by atoms with van der Waals surface area (Å²) in [5.74, 6) is 0.857. The summed E-state index contributed by atoms with van der Waals surface area (Å²) in [5, 5.41) is 2.98. The molecule has 0 heterocycles. The number of amides is 2. The first-order valence-corrected chi connectivity index (χ1v) is 12.7. The maximum atomic E-state index is 13.5. The highest BCUT2D eigenvalue weighted by molar-refractivity contribution is 14.1. The van der Waals surface area contributed by atoms with Gasteiger partial charge in [-0.2, -0.15) is 0 Å². The van der Waals surface area contributed by atoms with Crippen LogP contribution in [0.3, 0.4) is 0 Å². The van der Waals surface area contributed by atoms with Crippen molar-refractivity contribution in [1.82, 2.24) is 10.2 Å². The van der Waals surface area contributed by atoms with Gasteiger partial charge in [0.2, 0.25) is 5.91 Å². The van der Waals surface area contributed by atoms with E-state index in [1.165, 1.54) is 0 Å². The first-order valence-electron chi connectivity index (χ1n) is 11.6. The van der Waals surface area contributed by atoms with Crippen LogP contribution in [0.25, 0.3) is 0 Å². The Kier molecular flexibility index (Phi) is 10.4. The van der Waals surface area contributed by atoms with Crippen molar-refractivity contribution in [3.63, 3.8) is 0 Å². The molecule has 1 unspecified atom stereocenters. The van der Waals surface area contributed by atoms with Crippen molar-refractivity contribution in [2.45, 2.75) is 32.4 Å². The molecule has 7 heteroatoms. The summed E-state index contributed by atoms with van der Waals surface area (Å²) < 4.78 is 12.2. The fourth-order valence-corrected chi connectivity index (χ4v) is 4.01. The van der Waals surface area contributed by atoms with Gasteiger partial charge in [0.25, 0.3) is 5.91 Å². The van der Waals surface area contributed by atoms with Gasteiger partial charge in [-0.15, -0.1) is 0 Å². The molecule has 0 aromatic heterocycles. The second kappa shape index (κ2) is 13.7. The smallest absolute Gasteiger partial charge is 0.261 e. The molecular weight excluding hydrogens is 555 g/mol. The van der Waals surface area contributed by atoms with Gasteiger partial charge in [-0.05, 0) is 76.5 Å². The van der Waals surface area contributed by atoms with Crippen molar-refractivity contribution in [2.75, 3.05) is 20.3 Å². The minimum atomic E-state index is -0.692. The largest absolute Gasteiger partial charge is 0.497 e. The number of methoxy groups -OCH3 is 1. The highest BCUT2D eigenvalue weighted by atomic mass is 127. The minimum Gasteiger partial charge on any atom is -0.497 e. The van der Waals surface area contributed by atoms with E-state index in [1.807, 2.05) is 85.8 Å². The molecule has 1 atom stereocenters. The molecule has 0 saturated carbocycles. The van der Waals surface area contributed by atoms with Gasteiger partial charge in [0, 0.05) is 23.1 Å². The van der Waals surface area contributed by atoms with Crippen LogP contribution in [0.15, 0.2) is 78.9 Å². The van der Waals surface area contributed by atoms with E-state index >= 15 is 0 Å². The number of nitrogens with one attached hydrogen (secondary N) is 1. The molecule has 6 nitrogen and oxygen atoms in total. The van der Waals surface area contributed by atoms with Crippen molar-refractivity contribution < 1.29 is 19.1 Å². The Morgan fingerprint density at radius 2 is 1.66 bits per heavy atom. The van der Waals surface area contributed by atoms with Gasteiger partial charge >= 0.3 is 0 Å². The van der Waals surface area contributed by atoms with Gasteiger partial charge in [-0.3, -0.25) is 9.59 Å². The van der Waals surface area contributed by atoms with Crippen molar-refractivity contribution in [3.05, 3.63) is 93.6 Å². The lowest BCUT2D eigenvalue weighted by atomic mass is 10.0. The fourth-order valence-electron chi connectivity index (χ4n) is 3.65. The van der Waals surface area contributed by atoms with Crippen LogP contribution in [0.1, 0.15) is 24.5 Å². The molecular formula is C28H31IN2O4. The number of hydrogen-bond acceptors (Lipinski definition) is 4. The van der Waals surface area contributed by atoms with Crippen LogP contribution < -0.4 is 14.8 Å². The quantitative estimate of drug-likeness (QED) is 0.309. The van der Waals surface area contributed by atoms with Gasteiger partial charge < -0.3 is 19.7 Å². The summed E-state index contributed by atoms with van der Waals surface area (Å²) in [7, 11) is 1.60. The van der Waals surface area contributed by atoms with E-state index in [2.05, 4.69) is 27.9 Å². The Morgan fingerprint density at radius 3 is 2.34 bits per heavy atom. The molecule has 3 aromatic carbocycles. The second-order valence-electron chi connectivity index (χ2n) is 8.11. The molecule has 0 fully saturated rings. The standard InChI is InChI=1S/C28H31IN2O4/c1-3-16-30-28(33)26(18-21-8-5-4-6-9-21)31(19-22-10-7-11-25(17-22)34-2)27(32)20-35-24-14-12-23(29)13-15-24/h4-15,17,26H,3,16,18-20H2,1-2H3,(H,30,33). The molecule has 184 valence electrons. The molecule has 0 spiro atoms. The first kappa shape index (κ1) is 26.5. The molecule has 0 aliphatic rings.